The van der Waals surface area contributed by atoms with Crippen molar-refractivity contribution in [2.75, 3.05) is 44.2 Å². The van der Waals surface area contributed by atoms with Crippen LogP contribution >= 0.6 is 0 Å². The third kappa shape index (κ3) is 5.49. The van der Waals surface area contributed by atoms with Gasteiger partial charge in [-0.3, -0.25) is 9.78 Å². The number of piperazine rings is 1. The average Bonchev–Trinajstić information content (AvgIpc) is 3.85. The zero-order chi connectivity index (χ0) is 37.2. The van der Waals surface area contributed by atoms with E-state index in [1.165, 1.54) is 24.4 Å². The lowest BCUT2D eigenvalue weighted by molar-refractivity contribution is -0.188. The van der Waals surface area contributed by atoms with Gasteiger partial charge in [-0.2, -0.15) is 23.1 Å². The minimum absolute atomic E-state index is 0.00187. The number of pyridine rings is 1. The largest absolute Gasteiger partial charge is 0.508 e. The van der Waals surface area contributed by atoms with Gasteiger partial charge in [0.05, 0.1) is 29.6 Å². The molecule has 9 rings (SSSR count). The molecule has 3 saturated heterocycles. The number of fused-ring (bicyclic) bond motifs is 5. The molecule has 4 atom stereocenters. The normalized spacial score (nSPS) is 25.5. The zero-order valence-electron chi connectivity index (χ0n) is 27.9. The van der Waals surface area contributed by atoms with Gasteiger partial charge in [0.2, 0.25) is 0 Å². The van der Waals surface area contributed by atoms with Crippen LogP contribution in [0.15, 0.2) is 30.5 Å². The maximum absolute atomic E-state index is 16.9. The van der Waals surface area contributed by atoms with Crippen LogP contribution in [0.1, 0.15) is 31.2 Å². The van der Waals surface area contributed by atoms with Gasteiger partial charge in [0.15, 0.2) is 5.82 Å². The van der Waals surface area contributed by atoms with Crippen molar-refractivity contribution in [1.29, 1.82) is 0 Å². The molecule has 2 aromatic heterocycles. The Kier molecular flexibility index (Phi) is 7.38. The van der Waals surface area contributed by atoms with E-state index in [1.807, 2.05) is 4.90 Å². The summed E-state index contributed by atoms with van der Waals surface area (Å²) in [6.45, 7) is 1.20. The lowest BCUT2D eigenvalue weighted by Crippen LogP contribution is -2.59. The summed E-state index contributed by atoms with van der Waals surface area (Å²) in [5.41, 5.74) is -1.07. The number of piperidine rings is 1. The predicted molar refractivity (Wildman–Crippen MR) is 177 cm³/mol. The number of anilines is 1. The number of ether oxygens (including phenoxy) is 1. The first kappa shape index (κ1) is 33.9. The molecule has 0 spiro atoms. The van der Waals surface area contributed by atoms with Crippen LogP contribution in [0.5, 0.6) is 11.8 Å². The monoisotopic (exact) mass is 740 g/mol. The highest BCUT2D eigenvalue weighted by Crippen LogP contribution is 2.60. The Bertz CT molecular complexity index is 2230. The van der Waals surface area contributed by atoms with Crippen LogP contribution in [-0.4, -0.2) is 99.3 Å². The number of amides is 1. The summed E-state index contributed by atoms with van der Waals surface area (Å²) in [5.74, 6) is -5.31. The van der Waals surface area contributed by atoms with Crippen LogP contribution in [0, 0.1) is 41.2 Å². The lowest BCUT2D eigenvalue weighted by atomic mass is 9.96. The molecule has 276 valence electrons. The molecule has 16 heteroatoms. The number of halogens is 7. The minimum Gasteiger partial charge on any atom is -0.508 e. The van der Waals surface area contributed by atoms with Crippen molar-refractivity contribution in [2.24, 2.45) is 17.3 Å². The van der Waals surface area contributed by atoms with Gasteiger partial charge >= 0.3 is 18.1 Å². The molecule has 9 nitrogen and oxygen atoms in total. The van der Waals surface area contributed by atoms with Crippen molar-refractivity contribution in [1.82, 2.24) is 24.8 Å². The van der Waals surface area contributed by atoms with Crippen LogP contribution in [0.25, 0.3) is 32.9 Å². The molecule has 2 aliphatic carbocycles. The van der Waals surface area contributed by atoms with Gasteiger partial charge in [-0.15, -0.1) is 6.42 Å². The van der Waals surface area contributed by atoms with Crippen LogP contribution in [0.4, 0.5) is 36.6 Å². The van der Waals surface area contributed by atoms with Crippen LogP contribution in [0.3, 0.4) is 0 Å². The number of rotatable bonds is 7. The quantitative estimate of drug-likeness (QED) is 0.185. The van der Waals surface area contributed by atoms with Gasteiger partial charge in [0, 0.05) is 67.1 Å². The number of phenolic OH excluding ortho intramolecular Hbond substituents is 1. The Hall–Kier alpha value is -4.91. The standard InChI is InChI=1S/C37H31F7N6O3/c1-2-22-27(38)6-3-18-9-21(51)10-23(28(18)22)30-29(39)31-24(11-45-30)32(49-12-19-4-5-20(13-49)50(19)33(52)37(42,43)44)47-34(46-31)53-17-35(7-8-35)16-48-14-25-26(15-48)36(25,40)41/h1,3,6,9-11,19-20,25-26,51H,4-5,7-8,12-17H2. The number of aromatic nitrogens is 3. The number of hydrogen-bond acceptors (Lipinski definition) is 8. The fourth-order valence-electron chi connectivity index (χ4n) is 8.76. The number of alkyl halides is 5. The molecule has 1 amide bonds. The molecular weight excluding hydrogens is 709 g/mol. The molecule has 4 aromatic rings. The summed E-state index contributed by atoms with van der Waals surface area (Å²) >= 11 is 0. The van der Waals surface area contributed by atoms with Crippen molar-refractivity contribution >= 4 is 33.4 Å². The minimum atomic E-state index is -5.04. The third-order valence-electron chi connectivity index (χ3n) is 11.7. The Balaban J connectivity index is 1.10. The maximum atomic E-state index is 16.9. The first-order valence-electron chi connectivity index (χ1n) is 17.3. The molecular formula is C37H31F7N6O3. The van der Waals surface area contributed by atoms with Gasteiger partial charge < -0.3 is 24.5 Å². The van der Waals surface area contributed by atoms with E-state index in [0.717, 1.165) is 23.8 Å². The molecule has 2 bridgehead atoms. The molecule has 53 heavy (non-hydrogen) atoms. The Labute approximate surface area is 297 Å². The summed E-state index contributed by atoms with van der Waals surface area (Å²) in [5, 5.41) is 11.1. The highest BCUT2D eigenvalue weighted by molar-refractivity contribution is 6.03. The maximum Gasteiger partial charge on any atom is 0.471 e. The molecule has 2 aromatic carbocycles. The fraction of sp³-hybridized carbons (Fsp3) is 0.459. The van der Waals surface area contributed by atoms with Crippen LogP contribution in [0.2, 0.25) is 0 Å². The van der Waals surface area contributed by atoms with E-state index in [0.29, 0.717) is 37.9 Å². The van der Waals surface area contributed by atoms with Gasteiger partial charge in [-0.1, -0.05) is 12.0 Å². The van der Waals surface area contributed by atoms with Gasteiger partial charge in [0.1, 0.15) is 28.6 Å². The third-order valence-corrected chi connectivity index (χ3v) is 11.7. The van der Waals surface area contributed by atoms with E-state index < -0.39 is 53.6 Å². The molecule has 1 N–H and O–H groups in total. The van der Waals surface area contributed by atoms with Crippen molar-refractivity contribution in [3.05, 3.63) is 47.7 Å². The summed E-state index contributed by atoms with van der Waals surface area (Å²) < 4.78 is 106. The molecule has 0 radical (unpaired) electrons. The van der Waals surface area contributed by atoms with E-state index in [9.17, 15) is 36.2 Å². The van der Waals surface area contributed by atoms with Crippen LogP contribution < -0.4 is 9.64 Å². The number of carbonyl (C=O) groups is 1. The number of aromatic hydroxyl groups is 1. The number of benzene rings is 2. The van der Waals surface area contributed by atoms with E-state index in [-0.39, 0.29) is 75.8 Å². The number of nitrogens with zero attached hydrogens (tertiary/aromatic N) is 6. The van der Waals surface area contributed by atoms with E-state index >= 15 is 4.39 Å². The number of terminal acetylenes is 1. The highest BCUT2D eigenvalue weighted by atomic mass is 19.4. The number of hydrogen-bond donors (Lipinski definition) is 1. The summed E-state index contributed by atoms with van der Waals surface area (Å²) in [6, 6.07) is 3.31. The molecule has 5 aliphatic rings. The smallest absolute Gasteiger partial charge is 0.471 e. The summed E-state index contributed by atoms with van der Waals surface area (Å²) in [7, 11) is 0. The second-order valence-electron chi connectivity index (χ2n) is 15.0. The van der Waals surface area contributed by atoms with E-state index in [1.54, 1.807) is 4.90 Å². The van der Waals surface area contributed by atoms with Gasteiger partial charge in [0.25, 0.3) is 5.92 Å². The first-order chi connectivity index (χ1) is 25.2. The molecule has 5 fully saturated rings. The molecule has 5 heterocycles. The fourth-order valence-corrected chi connectivity index (χ4v) is 8.76. The Morgan fingerprint density at radius 3 is 2.38 bits per heavy atom. The lowest BCUT2D eigenvalue weighted by Gasteiger charge is -2.42. The number of carbonyl (C=O) groups excluding carboxylic acids is 1. The summed E-state index contributed by atoms with van der Waals surface area (Å²) in [4.78, 5) is 30.3. The van der Waals surface area contributed by atoms with Crippen molar-refractivity contribution < 1.29 is 45.4 Å². The number of likely N-dealkylation sites (tertiary alicyclic amines) is 1. The second kappa shape index (κ2) is 11.5. The van der Waals surface area contributed by atoms with E-state index in [2.05, 4.69) is 20.9 Å². The summed E-state index contributed by atoms with van der Waals surface area (Å²) in [6.07, 6.45) is 4.11. The highest BCUT2D eigenvalue weighted by Gasteiger charge is 2.71. The van der Waals surface area contributed by atoms with Gasteiger partial charge in [-0.25, -0.2) is 17.6 Å². The second-order valence-corrected chi connectivity index (χ2v) is 15.0. The van der Waals surface area contributed by atoms with Crippen LogP contribution in [-0.2, 0) is 4.79 Å². The van der Waals surface area contributed by atoms with Crippen molar-refractivity contribution in [3.8, 4) is 35.4 Å². The van der Waals surface area contributed by atoms with Gasteiger partial charge in [-0.05, 0) is 49.3 Å². The topological polar surface area (TPSA) is 94.9 Å². The van der Waals surface area contributed by atoms with Crippen molar-refractivity contribution in [2.45, 2.75) is 49.9 Å². The Morgan fingerprint density at radius 2 is 1.74 bits per heavy atom. The average molecular weight is 741 g/mol. The predicted octanol–water partition coefficient (Wildman–Crippen LogP) is 5.91. The number of phenols is 1. The Morgan fingerprint density at radius 1 is 1.04 bits per heavy atom. The molecule has 2 saturated carbocycles. The first-order valence-corrected chi connectivity index (χ1v) is 17.3. The SMILES string of the molecule is C#Cc1c(F)ccc2cc(O)cc(-c3ncc4c(N5CC6CCC(C5)N6C(=O)C(F)(F)F)nc(OCC5(CN6CC7C(C6)C7(F)F)CC5)nc4c3F)c12. The zero-order valence-corrected chi connectivity index (χ0v) is 27.9. The molecule has 4 unspecified atom stereocenters. The van der Waals surface area contributed by atoms with Crippen molar-refractivity contribution in [3.63, 3.8) is 0 Å². The molecule has 3 aliphatic heterocycles. The van der Waals surface area contributed by atoms with E-state index in [4.69, 9.17) is 11.2 Å².